The highest BCUT2D eigenvalue weighted by Gasteiger charge is 2.32. The van der Waals surface area contributed by atoms with Gasteiger partial charge >= 0.3 is 0 Å². The van der Waals surface area contributed by atoms with Crippen molar-refractivity contribution in [3.05, 3.63) is 0 Å². The van der Waals surface area contributed by atoms with Crippen LogP contribution in [0, 0.1) is 5.92 Å². The molecule has 1 aliphatic rings. The molecule has 1 N–H and O–H groups in total. The van der Waals surface area contributed by atoms with Crippen LogP contribution in [0.4, 0.5) is 0 Å². The van der Waals surface area contributed by atoms with Gasteiger partial charge in [-0.25, -0.2) is 8.42 Å². The SMILES string of the molecule is CC(C)NC(=O)C1CCS(=O)(=O)C1. The summed E-state index contributed by atoms with van der Waals surface area (Å²) in [7, 11) is -2.94. The Bertz CT molecular complexity index is 295. The molecule has 76 valence electrons. The Kier molecular flexibility index (Phi) is 2.95. The topological polar surface area (TPSA) is 63.2 Å². The van der Waals surface area contributed by atoms with Crippen molar-refractivity contribution in [1.29, 1.82) is 0 Å². The van der Waals surface area contributed by atoms with E-state index in [1.54, 1.807) is 0 Å². The van der Waals surface area contributed by atoms with Gasteiger partial charge in [-0.1, -0.05) is 0 Å². The summed E-state index contributed by atoms with van der Waals surface area (Å²) < 4.78 is 22.1. The zero-order valence-corrected chi connectivity index (χ0v) is 8.73. The number of carbonyl (C=O) groups is 1. The average molecular weight is 205 g/mol. The van der Waals surface area contributed by atoms with Crippen molar-refractivity contribution in [2.75, 3.05) is 11.5 Å². The standard InChI is InChI=1S/C8H15NO3S/c1-6(2)9-8(10)7-3-4-13(11,12)5-7/h6-7H,3-5H2,1-2H3,(H,9,10). The van der Waals surface area contributed by atoms with E-state index >= 15 is 0 Å². The van der Waals surface area contributed by atoms with Gasteiger partial charge in [0.05, 0.1) is 17.4 Å². The lowest BCUT2D eigenvalue weighted by molar-refractivity contribution is -0.124. The van der Waals surface area contributed by atoms with Gasteiger partial charge in [0.1, 0.15) is 0 Å². The minimum atomic E-state index is -2.94. The molecule has 0 spiro atoms. The first kappa shape index (κ1) is 10.5. The molecule has 0 aromatic heterocycles. The lowest BCUT2D eigenvalue weighted by Gasteiger charge is -2.11. The van der Waals surface area contributed by atoms with Gasteiger partial charge in [-0.05, 0) is 20.3 Å². The summed E-state index contributed by atoms with van der Waals surface area (Å²) in [6.07, 6.45) is 0.473. The molecule has 0 aliphatic carbocycles. The predicted octanol–water partition coefficient (Wildman–Crippen LogP) is -0.0543. The number of hydrogen-bond donors (Lipinski definition) is 1. The molecule has 1 heterocycles. The third-order valence-electron chi connectivity index (χ3n) is 2.03. The van der Waals surface area contributed by atoms with E-state index in [-0.39, 0.29) is 29.4 Å². The summed E-state index contributed by atoms with van der Waals surface area (Å²) in [6, 6.07) is 0.0794. The number of nitrogens with one attached hydrogen (secondary N) is 1. The summed E-state index contributed by atoms with van der Waals surface area (Å²) >= 11 is 0. The van der Waals surface area contributed by atoms with Crippen LogP contribution in [-0.2, 0) is 14.6 Å². The molecule has 0 aromatic carbocycles. The second kappa shape index (κ2) is 3.65. The molecule has 1 aliphatic heterocycles. The molecular weight excluding hydrogens is 190 g/mol. The summed E-state index contributed by atoms with van der Waals surface area (Å²) in [6.45, 7) is 3.72. The van der Waals surface area contributed by atoms with E-state index in [9.17, 15) is 13.2 Å². The third-order valence-corrected chi connectivity index (χ3v) is 3.80. The van der Waals surface area contributed by atoms with Gasteiger partial charge in [0, 0.05) is 6.04 Å². The first-order valence-electron chi connectivity index (χ1n) is 4.41. The fourth-order valence-corrected chi connectivity index (χ4v) is 3.15. The maximum absolute atomic E-state index is 11.4. The van der Waals surface area contributed by atoms with Crippen LogP contribution in [0.5, 0.6) is 0 Å². The smallest absolute Gasteiger partial charge is 0.224 e. The molecular formula is C8H15NO3S. The van der Waals surface area contributed by atoms with Crippen LogP contribution in [0.2, 0.25) is 0 Å². The molecule has 0 radical (unpaired) electrons. The van der Waals surface area contributed by atoms with E-state index in [1.165, 1.54) is 0 Å². The van der Waals surface area contributed by atoms with Gasteiger partial charge in [0.2, 0.25) is 5.91 Å². The first-order chi connectivity index (χ1) is 5.91. The van der Waals surface area contributed by atoms with E-state index in [0.717, 1.165) is 0 Å². The lowest BCUT2D eigenvalue weighted by Crippen LogP contribution is -2.36. The fourth-order valence-electron chi connectivity index (χ4n) is 1.40. The molecule has 0 bridgehead atoms. The Morgan fingerprint density at radius 1 is 1.46 bits per heavy atom. The molecule has 4 nitrogen and oxygen atoms in total. The molecule has 13 heavy (non-hydrogen) atoms. The highest BCUT2D eigenvalue weighted by Crippen LogP contribution is 2.18. The van der Waals surface area contributed by atoms with Crippen molar-refractivity contribution in [2.45, 2.75) is 26.3 Å². The molecule has 1 rings (SSSR count). The number of hydrogen-bond acceptors (Lipinski definition) is 3. The van der Waals surface area contributed by atoms with E-state index in [4.69, 9.17) is 0 Å². The minimum absolute atomic E-state index is 0.0194. The molecule has 1 unspecified atom stereocenters. The molecule has 1 amide bonds. The number of carbonyl (C=O) groups excluding carboxylic acids is 1. The largest absolute Gasteiger partial charge is 0.354 e. The first-order valence-corrected chi connectivity index (χ1v) is 6.23. The van der Waals surface area contributed by atoms with Crippen LogP contribution in [0.3, 0.4) is 0 Å². The number of rotatable bonds is 2. The second-order valence-corrected chi connectivity index (χ2v) is 5.99. The highest BCUT2D eigenvalue weighted by molar-refractivity contribution is 7.91. The third kappa shape index (κ3) is 2.99. The van der Waals surface area contributed by atoms with Gasteiger partial charge in [-0.15, -0.1) is 0 Å². The van der Waals surface area contributed by atoms with Crippen LogP contribution in [0.25, 0.3) is 0 Å². The maximum atomic E-state index is 11.4. The van der Waals surface area contributed by atoms with Crippen molar-refractivity contribution in [2.24, 2.45) is 5.92 Å². The van der Waals surface area contributed by atoms with Crippen LogP contribution in [-0.4, -0.2) is 31.9 Å². The molecule has 5 heteroatoms. The Morgan fingerprint density at radius 3 is 2.46 bits per heavy atom. The summed E-state index contributed by atoms with van der Waals surface area (Å²) in [4.78, 5) is 11.4. The Balaban J connectivity index is 2.52. The van der Waals surface area contributed by atoms with Gasteiger partial charge in [-0.2, -0.15) is 0 Å². The lowest BCUT2D eigenvalue weighted by atomic mass is 10.1. The highest BCUT2D eigenvalue weighted by atomic mass is 32.2. The van der Waals surface area contributed by atoms with Crippen molar-refractivity contribution >= 4 is 15.7 Å². The quantitative estimate of drug-likeness (QED) is 0.687. The maximum Gasteiger partial charge on any atom is 0.224 e. The van der Waals surface area contributed by atoms with Crippen LogP contribution >= 0.6 is 0 Å². The van der Waals surface area contributed by atoms with Crippen molar-refractivity contribution < 1.29 is 13.2 Å². The Labute approximate surface area is 78.6 Å². The summed E-state index contributed by atoms with van der Waals surface area (Å²) in [5.41, 5.74) is 0. The van der Waals surface area contributed by atoms with Crippen molar-refractivity contribution in [1.82, 2.24) is 5.32 Å². The minimum Gasteiger partial charge on any atom is -0.354 e. The van der Waals surface area contributed by atoms with E-state index in [1.807, 2.05) is 13.8 Å². The average Bonchev–Trinajstić information content (AvgIpc) is 2.28. The number of sulfone groups is 1. The molecule has 0 aromatic rings. The van der Waals surface area contributed by atoms with Crippen molar-refractivity contribution in [3.8, 4) is 0 Å². The molecule has 0 saturated carbocycles. The number of amides is 1. The molecule has 1 saturated heterocycles. The fraction of sp³-hybridized carbons (Fsp3) is 0.875. The van der Waals surface area contributed by atoms with Gasteiger partial charge in [-0.3, -0.25) is 4.79 Å². The normalized spacial score (nSPS) is 26.2. The van der Waals surface area contributed by atoms with E-state index < -0.39 is 9.84 Å². The van der Waals surface area contributed by atoms with E-state index in [2.05, 4.69) is 5.32 Å². The van der Waals surface area contributed by atoms with Gasteiger partial charge < -0.3 is 5.32 Å². The monoisotopic (exact) mass is 205 g/mol. The second-order valence-electron chi connectivity index (χ2n) is 3.76. The summed E-state index contributed by atoms with van der Waals surface area (Å²) in [5, 5.41) is 2.72. The van der Waals surface area contributed by atoms with Crippen LogP contribution in [0.1, 0.15) is 20.3 Å². The van der Waals surface area contributed by atoms with Crippen molar-refractivity contribution in [3.63, 3.8) is 0 Å². The Morgan fingerprint density at radius 2 is 2.08 bits per heavy atom. The summed E-state index contributed by atoms with van der Waals surface area (Å²) in [5.74, 6) is -0.280. The van der Waals surface area contributed by atoms with Crippen LogP contribution < -0.4 is 5.32 Å². The zero-order valence-electron chi connectivity index (χ0n) is 7.91. The predicted molar refractivity (Wildman–Crippen MR) is 50.0 cm³/mol. The Hall–Kier alpha value is -0.580. The zero-order chi connectivity index (χ0) is 10.1. The van der Waals surface area contributed by atoms with Gasteiger partial charge in [0.25, 0.3) is 0 Å². The van der Waals surface area contributed by atoms with E-state index in [0.29, 0.717) is 6.42 Å². The molecule has 1 atom stereocenters. The molecule has 1 fully saturated rings. The van der Waals surface area contributed by atoms with Gasteiger partial charge in [0.15, 0.2) is 9.84 Å². The van der Waals surface area contributed by atoms with Crippen LogP contribution in [0.15, 0.2) is 0 Å².